The second kappa shape index (κ2) is 6.55. The van der Waals surface area contributed by atoms with Crippen LogP contribution in [0, 0.1) is 20.8 Å². The molecular formula is C18H25NS. The van der Waals surface area contributed by atoms with Crippen molar-refractivity contribution in [3.8, 4) is 0 Å². The summed E-state index contributed by atoms with van der Waals surface area (Å²) in [5.41, 5.74) is 4.28. The molecule has 0 aliphatic heterocycles. The average Bonchev–Trinajstić information content (AvgIpc) is 2.71. The average molecular weight is 287 g/mol. The van der Waals surface area contributed by atoms with Gasteiger partial charge in [0.15, 0.2) is 0 Å². The lowest BCUT2D eigenvalue weighted by molar-refractivity contribution is 0.476. The van der Waals surface area contributed by atoms with E-state index in [-0.39, 0.29) is 0 Å². The summed E-state index contributed by atoms with van der Waals surface area (Å²) in [7, 11) is 0. The van der Waals surface area contributed by atoms with Gasteiger partial charge in [-0.2, -0.15) is 0 Å². The molecular weight excluding hydrogens is 262 g/mol. The minimum atomic E-state index is 0.416. The summed E-state index contributed by atoms with van der Waals surface area (Å²) in [6.07, 6.45) is 1.08. The van der Waals surface area contributed by atoms with Gasteiger partial charge in [0.1, 0.15) is 0 Å². The van der Waals surface area contributed by atoms with E-state index in [1.807, 2.05) is 11.3 Å². The number of aryl methyl sites for hydroxylation is 3. The second-order valence-electron chi connectivity index (χ2n) is 5.79. The maximum absolute atomic E-state index is 3.73. The van der Waals surface area contributed by atoms with Crippen molar-refractivity contribution in [2.45, 2.75) is 53.1 Å². The van der Waals surface area contributed by atoms with E-state index in [9.17, 15) is 0 Å². The number of hydrogen-bond donors (Lipinski definition) is 1. The summed E-state index contributed by atoms with van der Waals surface area (Å²) >= 11 is 1.89. The zero-order valence-corrected chi connectivity index (χ0v) is 14.0. The number of thiophene rings is 1. The maximum atomic E-state index is 3.73. The first-order valence-corrected chi connectivity index (χ1v) is 8.16. The summed E-state index contributed by atoms with van der Waals surface area (Å²) in [4.78, 5) is 2.84. The summed E-state index contributed by atoms with van der Waals surface area (Å²) in [5, 5.41) is 3.73. The monoisotopic (exact) mass is 287 g/mol. The van der Waals surface area contributed by atoms with Crippen LogP contribution in [0.5, 0.6) is 0 Å². The van der Waals surface area contributed by atoms with Crippen molar-refractivity contribution in [3.05, 3.63) is 56.8 Å². The minimum absolute atomic E-state index is 0.416. The second-order valence-corrected chi connectivity index (χ2v) is 7.25. The van der Waals surface area contributed by atoms with Crippen LogP contribution in [-0.2, 0) is 6.42 Å². The Kier molecular flexibility index (Phi) is 5.00. The first-order chi connectivity index (χ1) is 9.47. The highest BCUT2D eigenvalue weighted by Gasteiger charge is 2.14. The number of hydrogen-bond acceptors (Lipinski definition) is 2. The third-order valence-electron chi connectivity index (χ3n) is 3.87. The predicted molar refractivity (Wildman–Crippen MR) is 89.7 cm³/mol. The molecule has 1 heterocycles. The molecule has 1 nitrogen and oxygen atoms in total. The molecule has 0 fully saturated rings. The van der Waals surface area contributed by atoms with Gasteiger partial charge < -0.3 is 5.32 Å². The molecule has 1 aromatic heterocycles. The maximum Gasteiger partial charge on any atom is 0.0305 e. The van der Waals surface area contributed by atoms with E-state index in [0.29, 0.717) is 12.1 Å². The van der Waals surface area contributed by atoms with E-state index >= 15 is 0 Å². The van der Waals surface area contributed by atoms with Gasteiger partial charge in [-0.05, 0) is 63.8 Å². The largest absolute Gasteiger partial charge is 0.307 e. The Hall–Kier alpha value is -1.12. The minimum Gasteiger partial charge on any atom is -0.307 e. The molecule has 2 unspecified atom stereocenters. The van der Waals surface area contributed by atoms with Crippen molar-refractivity contribution < 1.29 is 0 Å². The molecule has 0 saturated carbocycles. The van der Waals surface area contributed by atoms with Crippen molar-refractivity contribution in [1.82, 2.24) is 5.32 Å². The molecule has 1 N–H and O–H groups in total. The van der Waals surface area contributed by atoms with E-state index in [2.05, 4.69) is 70.3 Å². The van der Waals surface area contributed by atoms with Crippen molar-refractivity contribution in [3.63, 3.8) is 0 Å². The molecule has 0 spiro atoms. The Bertz CT molecular complexity index is 571. The van der Waals surface area contributed by atoms with Crippen molar-refractivity contribution >= 4 is 11.3 Å². The zero-order chi connectivity index (χ0) is 14.7. The summed E-state index contributed by atoms with van der Waals surface area (Å²) < 4.78 is 0. The molecule has 2 rings (SSSR count). The van der Waals surface area contributed by atoms with Crippen LogP contribution in [0.25, 0.3) is 0 Å². The van der Waals surface area contributed by atoms with Gasteiger partial charge in [-0.25, -0.2) is 0 Å². The van der Waals surface area contributed by atoms with Gasteiger partial charge in [0, 0.05) is 21.8 Å². The lowest BCUT2D eigenvalue weighted by Gasteiger charge is -2.21. The van der Waals surface area contributed by atoms with Gasteiger partial charge >= 0.3 is 0 Å². The van der Waals surface area contributed by atoms with Crippen LogP contribution in [0.4, 0.5) is 0 Å². The summed E-state index contributed by atoms with van der Waals surface area (Å²) in [5.74, 6) is 0. The van der Waals surface area contributed by atoms with Crippen LogP contribution in [0.15, 0.2) is 30.3 Å². The molecule has 0 aliphatic rings. The quantitative estimate of drug-likeness (QED) is 0.820. The number of rotatable bonds is 5. The first kappa shape index (κ1) is 15.3. The molecule has 1 aromatic carbocycles. The zero-order valence-electron chi connectivity index (χ0n) is 13.2. The smallest absolute Gasteiger partial charge is 0.0305 e. The normalized spacial score (nSPS) is 14.2. The lowest BCUT2D eigenvalue weighted by Crippen LogP contribution is -2.31. The standard InChI is InChI=1S/C18H25NS/c1-12-8-6-7-9-17(12)10-13(2)19-15(4)18-11-14(3)20-16(18)5/h6-9,11,13,15,19H,10H2,1-5H3. The number of nitrogens with one attached hydrogen (secondary N) is 1. The van der Waals surface area contributed by atoms with Gasteiger partial charge in [0.2, 0.25) is 0 Å². The summed E-state index contributed by atoms with van der Waals surface area (Å²) in [6, 6.07) is 11.9. The van der Waals surface area contributed by atoms with Gasteiger partial charge in [-0.15, -0.1) is 11.3 Å². The molecule has 2 heteroatoms. The van der Waals surface area contributed by atoms with Crippen LogP contribution >= 0.6 is 11.3 Å². The fourth-order valence-electron chi connectivity index (χ4n) is 2.82. The van der Waals surface area contributed by atoms with Crippen molar-refractivity contribution in [2.24, 2.45) is 0 Å². The topological polar surface area (TPSA) is 12.0 Å². The van der Waals surface area contributed by atoms with Crippen LogP contribution in [-0.4, -0.2) is 6.04 Å². The molecule has 20 heavy (non-hydrogen) atoms. The SMILES string of the molecule is Cc1cc(C(C)NC(C)Cc2ccccc2C)c(C)s1. The van der Waals surface area contributed by atoms with Gasteiger partial charge in [0.05, 0.1) is 0 Å². The Morgan fingerprint density at radius 3 is 2.40 bits per heavy atom. The van der Waals surface area contributed by atoms with Crippen molar-refractivity contribution in [2.75, 3.05) is 0 Å². The van der Waals surface area contributed by atoms with E-state index in [4.69, 9.17) is 0 Å². The van der Waals surface area contributed by atoms with E-state index < -0.39 is 0 Å². The van der Waals surface area contributed by atoms with Crippen molar-refractivity contribution in [1.29, 1.82) is 0 Å². The molecule has 0 saturated heterocycles. The third-order valence-corrected chi connectivity index (χ3v) is 4.85. The summed E-state index contributed by atoms with van der Waals surface area (Å²) in [6.45, 7) is 11.1. The predicted octanol–water partition coefficient (Wildman–Crippen LogP) is 4.96. The van der Waals surface area contributed by atoms with Crippen LogP contribution in [0.2, 0.25) is 0 Å². The Morgan fingerprint density at radius 1 is 1.10 bits per heavy atom. The van der Waals surface area contributed by atoms with Crippen LogP contribution < -0.4 is 5.32 Å². The lowest BCUT2D eigenvalue weighted by atomic mass is 10.0. The molecule has 0 bridgehead atoms. The molecule has 0 aliphatic carbocycles. The van der Waals surface area contributed by atoms with Crippen LogP contribution in [0.3, 0.4) is 0 Å². The highest BCUT2D eigenvalue weighted by molar-refractivity contribution is 7.12. The van der Waals surface area contributed by atoms with E-state index in [1.54, 1.807) is 0 Å². The Labute approximate surface area is 127 Å². The molecule has 2 aromatic rings. The fraction of sp³-hybridized carbons (Fsp3) is 0.444. The van der Waals surface area contributed by atoms with Crippen LogP contribution in [0.1, 0.15) is 46.3 Å². The molecule has 108 valence electrons. The number of benzene rings is 1. The Morgan fingerprint density at radius 2 is 1.80 bits per heavy atom. The van der Waals surface area contributed by atoms with E-state index in [1.165, 1.54) is 26.4 Å². The van der Waals surface area contributed by atoms with Gasteiger partial charge in [0.25, 0.3) is 0 Å². The van der Waals surface area contributed by atoms with Gasteiger partial charge in [-0.3, -0.25) is 0 Å². The van der Waals surface area contributed by atoms with Gasteiger partial charge in [-0.1, -0.05) is 24.3 Å². The van der Waals surface area contributed by atoms with E-state index in [0.717, 1.165) is 6.42 Å². The third kappa shape index (κ3) is 3.71. The molecule has 2 atom stereocenters. The highest BCUT2D eigenvalue weighted by Crippen LogP contribution is 2.26. The fourth-order valence-corrected chi connectivity index (χ4v) is 3.85. The molecule has 0 amide bonds. The molecule has 0 radical (unpaired) electrons. The highest BCUT2D eigenvalue weighted by atomic mass is 32.1. The Balaban J connectivity index is 1.99. The first-order valence-electron chi connectivity index (χ1n) is 7.35.